The van der Waals surface area contributed by atoms with Crippen LogP contribution in [0.25, 0.3) is 0 Å². The summed E-state index contributed by atoms with van der Waals surface area (Å²) in [5.41, 5.74) is 6.56. The van der Waals surface area contributed by atoms with Crippen LogP contribution in [-0.2, 0) is 19.6 Å². The molecule has 2 rings (SSSR count). The Kier molecular flexibility index (Phi) is 4.12. The molecule has 4 heteroatoms. The van der Waals surface area contributed by atoms with E-state index in [-0.39, 0.29) is 5.82 Å². The normalized spacial score (nSPS) is 11.1. The molecule has 18 heavy (non-hydrogen) atoms. The number of nitrogens with two attached hydrogens (primary N) is 1. The Labute approximate surface area is 106 Å². The van der Waals surface area contributed by atoms with Crippen LogP contribution in [0.15, 0.2) is 40.8 Å². The van der Waals surface area contributed by atoms with Crippen molar-refractivity contribution in [3.05, 3.63) is 59.3 Å². The lowest BCUT2D eigenvalue weighted by atomic mass is 10.2. The molecule has 0 bridgehead atoms. The molecular weight excluding hydrogens is 231 g/mol. The summed E-state index contributed by atoms with van der Waals surface area (Å²) in [6.45, 7) is 1.87. The lowest BCUT2D eigenvalue weighted by molar-refractivity contribution is 0.283. The lowest BCUT2D eigenvalue weighted by Gasteiger charge is -2.15. The smallest absolute Gasteiger partial charge is 0.123 e. The Morgan fingerprint density at radius 2 is 1.72 bits per heavy atom. The molecule has 0 aliphatic carbocycles. The van der Waals surface area contributed by atoms with E-state index in [1.165, 1.54) is 12.1 Å². The van der Waals surface area contributed by atoms with Crippen LogP contribution < -0.4 is 5.73 Å². The van der Waals surface area contributed by atoms with E-state index in [0.717, 1.165) is 23.6 Å². The number of hydrogen-bond donors (Lipinski definition) is 1. The van der Waals surface area contributed by atoms with Gasteiger partial charge in [0.2, 0.25) is 0 Å². The molecule has 1 aromatic heterocycles. The zero-order valence-electron chi connectivity index (χ0n) is 10.4. The number of nitrogens with zero attached hydrogens (tertiary/aromatic N) is 1. The maximum atomic E-state index is 12.8. The van der Waals surface area contributed by atoms with Crippen molar-refractivity contribution in [1.29, 1.82) is 0 Å². The van der Waals surface area contributed by atoms with E-state index < -0.39 is 0 Å². The molecule has 1 aromatic carbocycles. The van der Waals surface area contributed by atoms with E-state index in [2.05, 4.69) is 4.90 Å². The summed E-state index contributed by atoms with van der Waals surface area (Å²) < 4.78 is 18.3. The van der Waals surface area contributed by atoms with Gasteiger partial charge in [0, 0.05) is 6.54 Å². The molecule has 0 aliphatic rings. The first-order valence-corrected chi connectivity index (χ1v) is 5.88. The highest BCUT2D eigenvalue weighted by Gasteiger charge is 2.05. The molecule has 0 aliphatic heterocycles. The number of halogens is 1. The third-order valence-electron chi connectivity index (χ3n) is 2.71. The molecule has 0 amide bonds. The summed E-state index contributed by atoms with van der Waals surface area (Å²) in [7, 11) is 1.99. The molecule has 0 saturated heterocycles. The van der Waals surface area contributed by atoms with E-state index in [4.69, 9.17) is 10.2 Å². The van der Waals surface area contributed by atoms with E-state index in [9.17, 15) is 4.39 Å². The van der Waals surface area contributed by atoms with Crippen molar-refractivity contribution in [2.45, 2.75) is 19.6 Å². The van der Waals surface area contributed by atoms with Crippen LogP contribution in [0.5, 0.6) is 0 Å². The van der Waals surface area contributed by atoms with Crippen molar-refractivity contribution in [2.24, 2.45) is 5.73 Å². The Morgan fingerprint density at radius 1 is 1.06 bits per heavy atom. The van der Waals surface area contributed by atoms with Gasteiger partial charge < -0.3 is 10.2 Å². The molecule has 0 atom stereocenters. The molecular formula is C14H17FN2O. The predicted molar refractivity (Wildman–Crippen MR) is 68.2 cm³/mol. The van der Waals surface area contributed by atoms with Crippen LogP contribution >= 0.6 is 0 Å². The topological polar surface area (TPSA) is 42.4 Å². The van der Waals surface area contributed by atoms with E-state index in [1.807, 2.05) is 19.2 Å². The Balaban J connectivity index is 1.91. The minimum atomic E-state index is -0.208. The Hall–Kier alpha value is -1.65. The van der Waals surface area contributed by atoms with Crippen LogP contribution in [0.2, 0.25) is 0 Å². The standard InChI is InChI=1S/C14H17FN2O/c1-17(9-11-2-4-12(15)5-3-11)10-14-7-6-13(8-16)18-14/h2-7H,8-10,16H2,1H3. The van der Waals surface area contributed by atoms with Gasteiger partial charge in [-0.2, -0.15) is 0 Å². The summed E-state index contributed by atoms with van der Waals surface area (Å²) in [4.78, 5) is 2.10. The lowest BCUT2D eigenvalue weighted by Crippen LogP contribution is -2.16. The summed E-state index contributed by atoms with van der Waals surface area (Å²) in [5.74, 6) is 1.47. The fraction of sp³-hybridized carbons (Fsp3) is 0.286. The average Bonchev–Trinajstić information content (AvgIpc) is 2.79. The number of rotatable bonds is 5. The van der Waals surface area contributed by atoms with Gasteiger partial charge in [-0.1, -0.05) is 12.1 Å². The summed E-state index contributed by atoms with van der Waals surface area (Å²) in [6.07, 6.45) is 0. The van der Waals surface area contributed by atoms with Gasteiger partial charge in [-0.25, -0.2) is 4.39 Å². The second-order valence-electron chi connectivity index (χ2n) is 4.37. The Bertz CT molecular complexity index is 493. The van der Waals surface area contributed by atoms with Gasteiger partial charge in [0.25, 0.3) is 0 Å². The first-order valence-electron chi connectivity index (χ1n) is 5.88. The second kappa shape index (κ2) is 5.80. The zero-order valence-corrected chi connectivity index (χ0v) is 10.4. The molecule has 0 radical (unpaired) electrons. The van der Waals surface area contributed by atoms with Crippen LogP contribution in [0.4, 0.5) is 4.39 Å². The van der Waals surface area contributed by atoms with Gasteiger partial charge in [-0.05, 0) is 36.9 Å². The van der Waals surface area contributed by atoms with Crippen LogP contribution in [0, 0.1) is 5.82 Å². The second-order valence-corrected chi connectivity index (χ2v) is 4.37. The molecule has 96 valence electrons. The monoisotopic (exact) mass is 248 g/mol. The first kappa shape index (κ1) is 12.8. The highest BCUT2D eigenvalue weighted by Crippen LogP contribution is 2.12. The van der Waals surface area contributed by atoms with Crippen LogP contribution in [0.3, 0.4) is 0 Å². The van der Waals surface area contributed by atoms with Gasteiger partial charge >= 0.3 is 0 Å². The molecule has 0 spiro atoms. The molecule has 2 aromatic rings. The summed E-state index contributed by atoms with van der Waals surface area (Å²) >= 11 is 0. The van der Waals surface area contributed by atoms with Gasteiger partial charge in [-0.3, -0.25) is 4.90 Å². The third-order valence-corrected chi connectivity index (χ3v) is 2.71. The molecule has 0 fully saturated rings. The minimum absolute atomic E-state index is 0.208. The van der Waals surface area contributed by atoms with Crippen molar-refractivity contribution >= 4 is 0 Å². The first-order chi connectivity index (χ1) is 8.67. The largest absolute Gasteiger partial charge is 0.463 e. The number of furan rings is 1. The van der Waals surface area contributed by atoms with Crippen molar-refractivity contribution < 1.29 is 8.81 Å². The van der Waals surface area contributed by atoms with Crippen LogP contribution in [-0.4, -0.2) is 11.9 Å². The third kappa shape index (κ3) is 3.42. The quantitative estimate of drug-likeness (QED) is 0.884. The fourth-order valence-electron chi connectivity index (χ4n) is 1.84. The molecule has 0 saturated carbocycles. The molecule has 2 N–H and O–H groups in total. The van der Waals surface area contributed by atoms with Gasteiger partial charge in [0.15, 0.2) is 0 Å². The van der Waals surface area contributed by atoms with Crippen molar-refractivity contribution in [1.82, 2.24) is 4.90 Å². The number of benzene rings is 1. The van der Waals surface area contributed by atoms with Crippen molar-refractivity contribution in [2.75, 3.05) is 7.05 Å². The maximum Gasteiger partial charge on any atom is 0.123 e. The van der Waals surface area contributed by atoms with Crippen molar-refractivity contribution in [3.63, 3.8) is 0 Å². The number of hydrogen-bond acceptors (Lipinski definition) is 3. The van der Waals surface area contributed by atoms with E-state index in [0.29, 0.717) is 13.1 Å². The zero-order chi connectivity index (χ0) is 13.0. The molecule has 1 heterocycles. The van der Waals surface area contributed by atoms with Gasteiger partial charge in [0.1, 0.15) is 17.3 Å². The summed E-state index contributed by atoms with van der Waals surface area (Å²) in [5, 5.41) is 0. The van der Waals surface area contributed by atoms with E-state index >= 15 is 0 Å². The van der Waals surface area contributed by atoms with Gasteiger partial charge in [-0.15, -0.1) is 0 Å². The fourth-order valence-corrected chi connectivity index (χ4v) is 1.84. The predicted octanol–water partition coefficient (Wildman–Crippen LogP) is 2.51. The van der Waals surface area contributed by atoms with Crippen molar-refractivity contribution in [3.8, 4) is 0 Å². The van der Waals surface area contributed by atoms with E-state index in [1.54, 1.807) is 12.1 Å². The SMILES string of the molecule is CN(Cc1ccc(F)cc1)Cc1ccc(CN)o1. The maximum absolute atomic E-state index is 12.8. The highest BCUT2D eigenvalue weighted by molar-refractivity contribution is 5.16. The molecule has 3 nitrogen and oxygen atoms in total. The minimum Gasteiger partial charge on any atom is -0.463 e. The molecule has 0 unspecified atom stereocenters. The van der Waals surface area contributed by atoms with Gasteiger partial charge in [0.05, 0.1) is 13.1 Å². The Morgan fingerprint density at radius 3 is 2.33 bits per heavy atom. The average molecular weight is 248 g/mol. The van der Waals surface area contributed by atoms with Crippen LogP contribution in [0.1, 0.15) is 17.1 Å². The summed E-state index contributed by atoms with van der Waals surface area (Å²) in [6, 6.07) is 10.4. The highest BCUT2D eigenvalue weighted by atomic mass is 19.1.